The highest BCUT2D eigenvalue weighted by Gasteiger charge is 2.11. The Hall–Kier alpha value is -2.31. The fourth-order valence-electron chi connectivity index (χ4n) is 1.82. The highest BCUT2D eigenvalue weighted by Crippen LogP contribution is 2.25. The van der Waals surface area contributed by atoms with Crippen LogP contribution in [0.15, 0.2) is 36.4 Å². The number of carbonyl (C=O) groups excluding carboxylic acids is 2. The van der Waals surface area contributed by atoms with E-state index in [1.165, 1.54) is 12.1 Å². The van der Waals surface area contributed by atoms with Crippen molar-refractivity contribution in [2.24, 2.45) is 0 Å². The lowest BCUT2D eigenvalue weighted by molar-refractivity contribution is -0.149. The Morgan fingerprint density at radius 2 is 1.84 bits per heavy atom. The molecule has 0 radical (unpaired) electrons. The van der Waals surface area contributed by atoms with Crippen LogP contribution >= 0.6 is 23.2 Å². The van der Waals surface area contributed by atoms with Crippen LogP contribution < -0.4 is 10.1 Å². The molecule has 0 aliphatic rings. The van der Waals surface area contributed by atoms with Gasteiger partial charge < -0.3 is 14.8 Å². The van der Waals surface area contributed by atoms with E-state index in [2.05, 4.69) is 5.32 Å². The molecular weight excluding hydrogens is 372 g/mol. The van der Waals surface area contributed by atoms with E-state index in [4.69, 9.17) is 32.7 Å². The number of rotatable bonds is 6. The summed E-state index contributed by atoms with van der Waals surface area (Å²) in [6.07, 6.45) is 0. The summed E-state index contributed by atoms with van der Waals surface area (Å²) >= 11 is 11.6. The van der Waals surface area contributed by atoms with E-state index in [-0.39, 0.29) is 10.7 Å². The van der Waals surface area contributed by atoms with Crippen LogP contribution in [0.4, 0.5) is 10.1 Å². The summed E-state index contributed by atoms with van der Waals surface area (Å²) < 4.78 is 23.1. The largest absolute Gasteiger partial charge is 0.480 e. The first-order chi connectivity index (χ1) is 11.8. The van der Waals surface area contributed by atoms with Crippen LogP contribution in [-0.2, 0) is 14.3 Å². The average Bonchev–Trinajstić information content (AvgIpc) is 2.57. The minimum absolute atomic E-state index is 0.127. The molecule has 1 amide bonds. The van der Waals surface area contributed by atoms with E-state index in [1.807, 2.05) is 6.92 Å². The third-order valence-electron chi connectivity index (χ3n) is 3.00. The third kappa shape index (κ3) is 5.92. The molecule has 0 unspecified atom stereocenters. The molecule has 0 atom stereocenters. The molecule has 2 rings (SSSR count). The smallest absolute Gasteiger partial charge is 0.344 e. The van der Waals surface area contributed by atoms with E-state index in [0.29, 0.717) is 10.8 Å². The Bertz CT molecular complexity index is 798. The van der Waals surface area contributed by atoms with Crippen molar-refractivity contribution < 1.29 is 23.5 Å². The quantitative estimate of drug-likeness (QED) is 0.763. The molecule has 0 fully saturated rings. The molecule has 0 heterocycles. The average molecular weight is 386 g/mol. The topological polar surface area (TPSA) is 64.6 Å². The van der Waals surface area contributed by atoms with Crippen LogP contribution in [0.3, 0.4) is 0 Å². The number of anilines is 1. The van der Waals surface area contributed by atoms with Crippen LogP contribution in [0.1, 0.15) is 5.56 Å². The van der Waals surface area contributed by atoms with Gasteiger partial charge in [0.1, 0.15) is 11.6 Å². The Morgan fingerprint density at radius 3 is 2.56 bits per heavy atom. The molecule has 0 spiro atoms. The molecular formula is C17H14Cl2FNO4. The number of amides is 1. The standard InChI is InChI=1S/C17H14Cl2FNO4/c1-10-2-4-12(18)15(6-10)24-9-17(23)25-8-16(22)21-11-3-5-14(20)13(19)7-11/h2-7H,8-9H2,1H3,(H,21,22). The molecule has 8 heteroatoms. The fraction of sp³-hybridized carbons (Fsp3) is 0.176. The zero-order valence-electron chi connectivity index (χ0n) is 13.1. The van der Waals surface area contributed by atoms with Crippen LogP contribution in [0, 0.1) is 12.7 Å². The number of hydrogen-bond donors (Lipinski definition) is 1. The maximum absolute atomic E-state index is 13.0. The summed E-state index contributed by atoms with van der Waals surface area (Å²) in [5.74, 6) is -1.57. The van der Waals surface area contributed by atoms with Gasteiger partial charge in [-0.2, -0.15) is 0 Å². The number of benzene rings is 2. The maximum atomic E-state index is 13.0. The van der Waals surface area contributed by atoms with Gasteiger partial charge in [-0.15, -0.1) is 0 Å². The second kappa shape index (κ2) is 8.69. The van der Waals surface area contributed by atoms with E-state index in [9.17, 15) is 14.0 Å². The maximum Gasteiger partial charge on any atom is 0.344 e. The normalized spacial score (nSPS) is 10.2. The molecule has 0 saturated heterocycles. The van der Waals surface area contributed by atoms with E-state index < -0.39 is 30.9 Å². The highest BCUT2D eigenvalue weighted by molar-refractivity contribution is 6.32. The molecule has 0 bridgehead atoms. The van der Waals surface area contributed by atoms with Gasteiger partial charge in [0.2, 0.25) is 0 Å². The molecule has 0 aliphatic carbocycles. The van der Waals surface area contributed by atoms with Crippen molar-refractivity contribution >= 4 is 40.8 Å². The first-order valence-electron chi connectivity index (χ1n) is 7.14. The lowest BCUT2D eigenvalue weighted by Gasteiger charge is -2.09. The van der Waals surface area contributed by atoms with Gasteiger partial charge in [0, 0.05) is 5.69 Å². The fourth-order valence-corrected chi connectivity index (χ4v) is 2.17. The van der Waals surface area contributed by atoms with Crippen molar-refractivity contribution in [2.45, 2.75) is 6.92 Å². The van der Waals surface area contributed by atoms with E-state index in [0.717, 1.165) is 11.6 Å². The number of ether oxygens (including phenoxy) is 2. The lowest BCUT2D eigenvalue weighted by Crippen LogP contribution is -2.23. The van der Waals surface area contributed by atoms with Gasteiger partial charge in [0.15, 0.2) is 13.2 Å². The highest BCUT2D eigenvalue weighted by atomic mass is 35.5. The Balaban J connectivity index is 1.78. The first kappa shape index (κ1) is 19.0. The SMILES string of the molecule is Cc1ccc(Cl)c(OCC(=O)OCC(=O)Nc2ccc(F)c(Cl)c2)c1. The number of aryl methyl sites for hydroxylation is 1. The van der Waals surface area contributed by atoms with E-state index in [1.54, 1.807) is 18.2 Å². The second-order valence-electron chi connectivity index (χ2n) is 5.06. The molecule has 0 saturated carbocycles. The summed E-state index contributed by atoms with van der Waals surface area (Å²) in [6.45, 7) is 0.950. The van der Waals surface area contributed by atoms with Crippen molar-refractivity contribution in [1.82, 2.24) is 0 Å². The van der Waals surface area contributed by atoms with Gasteiger partial charge in [0.25, 0.3) is 5.91 Å². The Morgan fingerprint density at radius 1 is 1.08 bits per heavy atom. The Labute approximate surface area is 153 Å². The Kier molecular flexibility index (Phi) is 6.61. The summed E-state index contributed by atoms with van der Waals surface area (Å²) in [5, 5.41) is 2.66. The molecule has 132 valence electrons. The number of carbonyl (C=O) groups is 2. The third-order valence-corrected chi connectivity index (χ3v) is 3.60. The number of esters is 1. The van der Waals surface area contributed by atoms with E-state index >= 15 is 0 Å². The van der Waals surface area contributed by atoms with Gasteiger partial charge in [0.05, 0.1) is 10.0 Å². The van der Waals surface area contributed by atoms with Crippen LogP contribution in [0.2, 0.25) is 10.0 Å². The zero-order valence-corrected chi connectivity index (χ0v) is 14.7. The zero-order chi connectivity index (χ0) is 18.4. The monoisotopic (exact) mass is 385 g/mol. The van der Waals surface area contributed by atoms with Gasteiger partial charge in [-0.3, -0.25) is 4.79 Å². The van der Waals surface area contributed by atoms with Crippen LogP contribution in [0.25, 0.3) is 0 Å². The molecule has 0 aromatic heterocycles. The predicted octanol–water partition coefficient (Wildman–Crippen LogP) is 4.00. The summed E-state index contributed by atoms with van der Waals surface area (Å²) in [4.78, 5) is 23.3. The summed E-state index contributed by atoms with van der Waals surface area (Å²) in [7, 11) is 0. The molecule has 2 aromatic carbocycles. The first-order valence-corrected chi connectivity index (χ1v) is 7.90. The number of nitrogens with one attached hydrogen (secondary N) is 1. The predicted molar refractivity (Wildman–Crippen MR) is 92.7 cm³/mol. The minimum atomic E-state index is -0.732. The van der Waals surface area contributed by atoms with Crippen molar-refractivity contribution in [3.8, 4) is 5.75 Å². The van der Waals surface area contributed by atoms with Crippen molar-refractivity contribution in [1.29, 1.82) is 0 Å². The molecule has 1 N–H and O–H groups in total. The summed E-state index contributed by atoms with van der Waals surface area (Å²) in [5.41, 5.74) is 1.21. The lowest BCUT2D eigenvalue weighted by atomic mass is 10.2. The molecule has 5 nitrogen and oxygen atoms in total. The molecule has 25 heavy (non-hydrogen) atoms. The van der Waals surface area contributed by atoms with Crippen molar-refractivity contribution in [2.75, 3.05) is 18.5 Å². The van der Waals surface area contributed by atoms with Crippen LogP contribution in [-0.4, -0.2) is 25.1 Å². The van der Waals surface area contributed by atoms with Gasteiger partial charge in [-0.25, -0.2) is 9.18 Å². The number of halogens is 3. The van der Waals surface area contributed by atoms with Crippen molar-refractivity contribution in [3.05, 3.63) is 57.8 Å². The van der Waals surface area contributed by atoms with Crippen LogP contribution in [0.5, 0.6) is 5.75 Å². The van der Waals surface area contributed by atoms with Gasteiger partial charge >= 0.3 is 5.97 Å². The van der Waals surface area contributed by atoms with Gasteiger partial charge in [-0.1, -0.05) is 29.3 Å². The summed E-state index contributed by atoms with van der Waals surface area (Å²) in [6, 6.07) is 8.84. The molecule has 2 aromatic rings. The number of hydrogen-bond acceptors (Lipinski definition) is 4. The minimum Gasteiger partial charge on any atom is -0.480 e. The second-order valence-corrected chi connectivity index (χ2v) is 5.87. The molecule has 0 aliphatic heterocycles. The van der Waals surface area contributed by atoms with Gasteiger partial charge in [-0.05, 0) is 42.8 Å². The van der Waals surface area contributed by atoms with Crippen molar-refractivity contribution in [3.63, 3.8) is 0 Å².